The molecule has 0 spiro atoms. The van der Waals surface area contributed by atoms with Crippen LogP contribution in [-0.4, -0.2) is 11.5 Å². The molecule has 0 radical (unpaired) electrons. The van der Waals surface area contributed by atoms with Crippen molar-refractivity contribution in [1.82, 2.24) is 10.3 Å². The molecule has 0 saturated carbocycles. The summed E-state index contributed by atoms with van der Waals surface area (Å²) in [5.74, 6) is 3.20. The third-order valence-electron chi connectivity index (χ3n) is 3.63. The zero-order valence-corrected chi connectivity index (χ0v) is 13.5. The molecule has 1 atom stereocenters. The molecule has 4 heteroatoms. The maximum absolute atomic E-state index is 3.61. The fourth-order valence-corrected chi connectivity index (χ4v) is 3.43. The predicted octanol–water partition coefficient (Wildman–Crippen LogP) is 4.18. The van der Waals surface area contributed by atoms with Gasteiger partial charge in [0.05, 0.1) is 0 Å². The lowest BCUT2D eigenvalue weighted by atomic mass is 9.96. The fourth-order valence-electron chi connectivity index (χ4n) is 2.80. The zero-order valence-electron chi connectivity index (χ0n) is 10.5. The molecule has 98 valence electrons. The van der Waals surface area contributed by atoms with Gasteiger partial charge < -0.3 is 10.3 Å². The van der Waals surface area contributed by atoms with Crippen molar-refractivity contribution in [3.63, 3.8) is 0 Å². The molecule has 2 aromatic rings. The summed E-state index contributed by atoms with van der Waals surface area (Å²) in [4.78, 5) is 3.59. The average molecular weight is 382 g/mol. The Hall–Kier alpha value is -0.640. The van der Waals surface area contributed by atoms with Crippen LogP contribution in [0.3, 0.4) is 0 Å². The van der Waals surface area contributed by atoms with Crippen molar-refractivity contribution < 1.29 is 0 Å². The maximum atomic E-state index is 3.61. The van der Waals surface area contributed by atoms with Gasteiger partial charge in [-0.05, 0) is 45.2 Å². The highest BCUT2D eigenvalue weighted by Crippen LogP contribution is 2.31. The van der Waals surface area contributed by atoms with Crippen LogP contribution in [0.4, 0.5) is 0 Å². The smallest absolute Gasteiger partial charge is 0.0485 e. The number of benzene rings is 1. The molecular formula is C15H15IN2S. The Labute approximate surface area is 129 Å². The number of rotatable bonds is 2. The Balaban J connectivity index is 1.87. The number of aromatic nitrogens is 1. The minimum absolute atomic E-state index is 0.421. The number of H-pyrrole nitrogens is 1. The fraction of sp³-hybridized carbons (Fsp3) is 0.333. The number of para-hydroxylation sites is 1. The summed E-state index contributed by atoms with van der Waals surface area (Å²) in [6.07, 6.45) is 3.14. The highest BCUT2D eigenvalue weighted by molar-refractivity contribution is 14.2. The molecule has 0 unspecified atom stereocenters. The lowest BCUT2D eigenvalue weighted by Crippen LogP contribution is -2.29. The van der Waals surface area contributed by atoms with E-state index in [0.717, 1.165) is 25.8 Å². The summed E-state index contributed by atoms with van der Waals surface area (Å²) in [5, 5.41) is 8.05. The van der Waals surface area contributed by atoms with Crippen LogP contribution in [0.5, 0.6) is 0 Å². The number of hydrogen-bond acceptors (Lipinski definition) is 2. The van der Waals surface area contributed by atoms with E-state index in [4.69, 9.17) is 0 Å². The van der Waals surface area contributed by atoms with Gasteiger partial charge >= 0.3 is 0 Å². The van der Waals surface area contributed by atoms with Crippen LogP contribution in [0.15, 0.2) is 24.3 Å². The summed E-state index contributed by atoms with van der Waals surface area (Å²) in [7, 11) is 1.56. The molecule has 2 heterocycles. The molecule has 1 aliphatic rings. The molecule has 2 nitrogen and oxygen atoms in total. The van der Waals surface area contributed by atoms with Gasteiger partial charge in [-0.3, -0.25) is 0 Å². The summed E-state index contributed by atoms with van der Waals surface area (Å²) in [6, 6.07) is 9.02. The molecule has 1 aromatic carbocycles. The second-order valence-electron chi connectivity index (χ2n) is 4.71. The van der Waals surface area contributed by atoms with Crippen molar-refractivity contribution in [3.05, 3.63) is 35.5 Å². The molecule has 1 aromatic heterocycles. The van der Waals surface area contributed by atoms with E-state index in [2.05, 4.69) is 66.9 Å². The standard InChI is InChI=1S/C15H15IN2S/c16-19-10-4-3-7-14-15-12(8-9-17-14)11-5-1-2-6-13(11)18-15/h1-2,5-6,14,17-18H,3,7-9H2/t14-/m0/s1. The first-order chi connectivity index (χ1) is 9.40. The number of aromatic amines is 1. The minimum Gasteiger partial charge on any atom is -0.357 e. The van der Waals surface area contributed by atoms with Crippen LogP contribution in [0.25, 0.3) is 10.9 Å². The molecule has 0 aliphatic carbocycles. The monoisotopic (exact) mass is 382 g/mol. The first-order valence-electron chi connectivity index (χ1n) is 6.48. The van der Waals surface area contributed by atoms with Crippen molar-refractivity contribution in [2.45, 2.75) is 25.3 Å². The van der Waals surface area contributed by atoms with Crippen molar-refractivity contribution in [2.24, 2.45) is 0 Å². The van der Waals surface area contributed by atoms with Gasteiger partial charge in [0, 0.05) is 50.3 Å². The first kappa shape index (κ1) is 13.3. The Morgan fingerprint density at radius 1 is 1.37 bits per heavy atom. The summed E-state index contributed by atoms with van der Waals surface area (Å²) in [6.45, 7) is 1.06. The van der Waals surface area contributed by atoms with Gasteiger partial charge in [0.25, 0.3) is 0 Å². The maximum Gasteiger partial charge on any atom is 0.0485 e. The lowest BCUT2D eigenvalue weighted by molar-refractivity contribution is 0.474. The number of halogens is 1. The van der Waals surface area contributed by atoms with Crippen LogP contribution < -0.4 is 5.32 Å². The number of nitrogens with one attached hydrogen (secondary N) is 2. The second-order valence-corrected chi connectivity index (χ2v) is 6.39. The average Bonchev–Trinajstić information content (AvgIpc) is 2.83. The molecule has 2 N–H and O–H groups in total. The number of hydrogen-bond donors (Lipinski definition) is 2. The molecule has 0 fully saturated rings. The van der Waals surface area contributed by atoms with E-state index < -0.39 is 0 Å². The summed E-state index contributed by atoms with van der Waals surface area (Å²) in [5.41, 5.74) is 4.13. The quantitative estimate of drug-likeness (QED) is 0.603. The van der Waals surface area contributed by atoms with Crippen LogP contribution in [0.2, 0.25) is 0 Å². The Morgan fingerprint density at radius 3 is 3.16 bits per heavy atom. The predicted molar refractivity (Wildman–Crippen MR) is 91.4 cm³/mol. The van der Waals surface area contributed by atoms with Gasteiger partial charge in [-0.1, -0.05) is 24.1 Å². The molecule has 0 amide bonds. The van der Waals surface area contributed by atoms with Crippen molar-refractivity contribution in [2.75, 3.05) is 6.54 Å². The number of fused-ring (bicyclic) bond motifs is 3. The summed E-state index contributed by atoms with van der Waals surface area (Å²) < 4.78 is 0. The molecular weight excluding hydrogens is 367 g/mol. The van der Waals surface area contributed by atoms with Gasteiger partial charge in [0.1, 0.15) is 0 Å². The van der Waals surface area contributed by atoms with Crippen LogP contribution in [0, 0.1) is 11.2 Å². The molecule has 0 saturated heterocycles. The Kier molecular flexibility index (Phi) is 4.36. The van der Waals surface area contributed by atoms with E-state index in [-0.39, 0.29) is 0 Å². The highest BCUT2D eigenvalue weighted by atomic mass is 127. The molecule has 0 bridgehead atoms. The van der Waals surface area contributed by atoms with Crippen molar-refractivity contribution >= 4 is 41.0 Å². The molecule has 3 rings (SSSR count). The van der Waals surface area contributed by atoms with Crippen LogP contribution in [0.1, 0.15) is 30.1 Å². The van der Waals surface area contributed by atoms with E-state index in [1.165, 1.54) is 22.2 Å². The first-order valence-corrected chi connectivity index (χ1v) is 9.84. The third kappa shape index (κ3) is 2.78. The third-order valence-corrected chi connectivity index (χ3v) is 4.51. The normalized spacial score (nSPS) is 17.8. The van der Waals surface area contributed by atoms with Crippen molar-refractivity contribution in [1.29, 1.82) is 0 Å². The largest absolute Gasteiger partial charge is 0.357 e. The Morgan fingerprint density at radius 2 is 2.26 bits per heavy atom. The van der Waals surface area contributed by atoms with Gasteiger partial charge in [0.15, 0.2) is 0 Å². The van der Waals surface area contributed by atoms with Crippen molar-refractivity contribution in [3.8, 4) is 11.2 Å². The lowest BCUT2D eigenvalue weighted by Gasteiger charge is -2.23. The zero-order chi connectivity index (χ0) is 13.1. The van der Waals surface area contributed by atoms with Crippen LogP contribution in [-0.2, 0) is 6.42 Å². The minimum atomic E-state index is 0.421. The van der Waals surface area contributed by atoms with Gasteiger partial charge in [-0.2, -0.15) is 0 Å². The Bertz CT molecular complexity index is 638. The SMILES string of the molecule is ISC#CCC[C@@H]1NCCc2c1[nH]c1ccccc21. The molecule has 1 aliphatic heterocycles. The van der Waals surface area contributed by atoms with Crippen LogP contribution >= 0.6 is 30.1 Å². The molecule has 19 heavy (non-hydrogen) atoms. The van der Waals surface area contributed by atoms with Gasteiger partial charge in [0.2, 0.25) is 0 Å². The van der Waals surface area contributed by atoms with E-state index >= 15 is 0 Å². The highest BCUT2D eigenvalue weighted by Gasteiger charge is 2.22. The topological polar surface area (TPSA) is 27.8 Å². The van der Waals surface area contributed by atoms with E-state index in [0.29, 0.717) is 6.04 Å². The van der Waals surface area contributed by atoms with Gasteiger partial charge in [-0.25, -0.2) is 0 Å². The van der Waals surface area contributed by atoms with E-state index in [9.17, 15) is 0 Å². The van der Waals surface area contributed by atoms with Gasteiger partial charge in [-0.15, -0.1) is 0 Å². The second kappa shape index (κ2) is 6.21. The summed E-state index contributed by atoms with van der Waals surface area (Å²) >= 11 is 2.21. The van der Waals surface area contributed by atoms with E-state index in [1.54, 1.807) is 8.93 Å². The van der Waals surface area contributed by atoms with E-state index in [1.807, 2.05) is 0 Å².